The normalized spacial score (nSPS) is 29.2. The first-order valence-corrected chi connectivity index (χ1v) is 6.49. The van der Waals surface area contributed by atoms with E-state index in [9.17, 15) is 5.11 Å². The molecule has 2 nitrogen and oxygen atoms in total. The first-order valence-electron chi connectivity index (χ1n) is 6.11. The van der Waals surface area contributed by atoms with Crippen molar-refractivity contribution in [1.29, 1.82) is 0 Å². The molecule has 1 fully saturated rings. The summed E-state index contributed by atoms with van der Waals surface area (Å²) >= 11 is 5.85. The summed E-state index contributed by atoms with van der Waals surface area (Å²) in [5, 5.41) is 11.3. The number of ether oxygens (including phenoxy) is 1. The van der Waals surface area contributed by atoms with E-state index in [4.69, 9.17) is 16.3 Å². The molecule has 0 spiro atoms. The maximum atomic E-state index is 10.5. The number of halogens is 1. The molecule has 1 N–H and O–H groups in total. The molecule has 3 heteroatoms. The number of benzene rings is 1. The van der Waals surface area contributed by atoms with Crippen LogP contribution in [0, 0.1) is 0 Å². The first kappa shape index (κ1) is 12.9. The fourth-order valence-corrected chi connectivity index (χ4v) is 2.65. The summed E-state index contributed by atoms with van der Waals surface area (Å²) in [6.45, 7) is 0. The van der Waals surface area contributed by atoms with Crippen LogP contribution in [0.5, 0.6) is 0 Å². The largest absolute Gasteiger partial charge is 0.390 e. The van der Waals surface area contributed by atoms with Gasteiger partial charge in [-0.1, -0.05) is 23.7 Å². The molecule has 2 rings (SSSR count). The van der Waals surface area contributed by atoms with Gasteiger partial charge in [0.2, 0.25) is 0 Å². The molecule has 1 aliphatic rings. The minimum atomic E-state index is -0.567. The lowest BCUT2D eigenvalue weighted by molar-refractivity contribution is -0.0427. The van der Waals surface area contributed by atoms with Crippen LogP contribution in [0.25, 0.3) is 0 Å². The summed E-state index contributed by atoms with van der Waals surface area (Å²) in [7, 11) is 1.74. The highest BCUT2D eigenvalue weighted by molar-refractivity contribution is 6.30. The average Bonchev–Trinajstić information content (AvgIpc) is 2.33. The van der Waals surface area contributed by atoms with Crippen molar-refractivity contribution in [3.8, 4) is 0 Å². The third-order valence-corrected chi connectivity index (χ3v) is 3.90. The Morgan fingerprint density at radius 2 is 1.88 bits per heavy atom. The van der Waals surface area contributed by atoms with E-state index in [1.165, 1.54) is 0 Å². The van der Waals surface area contributed by atoms with Crippen LogP contribution in [-0.2, 0) is 11.2 Å². The van der Waals surface area contributed by atoms with Crippen LogP contribution < -0.4 is 0 Å². The van der Waals surface area contributed by atoms with E-state index in [1.54, 1.807) is 7.11 Å². The van der Waals surface area contributed by atoms with Gasteiger partial charge in [0, 0.05) is 18.6 Å². The molecule has 0 radical (unpaired) electrons. The van der Waals surface area contributed by atoms with Gasteiger partial charge in [-0.3, -0.25) is 0 Å². The Hall–Kier alpha value is -0.570. The van der Waals surface area contributed by atoms with Crippen molar-refractivity contribution in [3.63, 3.8) is 0 Å². The van der Waals surface area contributed by atoms with Gasteiger partial charge in [0.1, 0.15) is 0 Å². The maximum absolute atomic E-state index is 10.5. The van der Waals surface area contributed by atoms with Crippen LogP contribution in [0.3, 0.4) is 0 Å². The van der Waals surface area contributed by atoms with Crippen LogP contribution in [0.4, 0.5) is 0 Å². The van der Waals surface area contributed by atoms with Gasteiger partial charge in [-0.05, 0) is 43.4 Å². The Balaban J connectivity index is 1.96. The lowest BCUT2D eigenvalue weighted by Crippen LogP contribution is -2.38. The molecule has 0 atom stereocenters. The van der Waals surface area contributed by atoms with E-state index < -0.39 is 5.60 Å². The smallest absolute Gasteiger partial charge is 0.0689 e. The van der Waals surface area contributed by atoms with Crippen LogP contribution >= 0.6 is 11.6 Å². The predicted octanol–water partition coefficient (Wildman–Crippen LogP) is 3.20. The third-order valence-electron chi connectivity index (χ3n) is 3.64. The zero-order valence-corrected chi connectivity index (χ0v) is 10.9. The van der Waals surface area contributed by atoms with Crippen molar-refractivity contribution < 1.29 is 9.84 Å². The molecule has 1 aromatic carbocycles. The highest BCUT2D eigenvalue weighted by Crippen LogP contribution is 2.32. The molecule has 0 aromatic heterocycles. The van der Waals surface area contributed by atoms with E-state index in [2.05, 4.69) is 0 Å². The minimum Gasteiger partial charge on any atom is -0.390 e. The predicted molar refractivity (Wildman–Crippen MR) is 69.4 cm³/mol. The Bertz CT molecular complexity index is 353. The summed E-state index contributed by atoms with van der Waals surface area (Å²) < 4.78 is 5.32. The monoisotopic (exact) mass is 254 g/mol. The second-order valence-electron chi connectivity index (χ2n) is 4.96. The van der Waals surface area contributed by atoms with Crippen molar-refractivity contribution in [2.75, 3.05) is 7.11 Å². The molecule has 0 heterocycles. The van der Waals surface area contributed by atoms with Gasteiger partial charge in [-0.15, -0.1) is 0 Å². The SMILES string of the molecule is COC1CCC(O)(Cc2ccc(Cl)cc2)CC1. The highest BCUT2D eigenvalue weighted by atomic mass is 35.5. The molecule has 0 unspecified atom stereocenters. The van der Waals surface area contributed by atoms with Crippen molar-refractivity contribution in [2.45, 2.75) is 43.8 Å². The molecule has 94 valence electrons. The number of hydrogen-bond acceptors (Lipinski definition) is 2. The Morgan fingerprint density at radius 3 is 2.41 bits per heavy atom. The molecule has 0 bridgehead atoms. The second kappa shape index (κ2) is 5.38. The lowest BCUT2D eigenvalue weighted by Gasteiger charge is -2.35. The molecule has 1 aromatic rings. The van der Waals surface area contributed by atoms with Crippen LogP contribution in [0.1, 0.15) is 31.2 Å². The zero-order valence-electron chi connectivity index (χ0n) is 10.2. The Morgan fingerprint density at radius 1 is 1.29 bits per heavy atom. The van der Waals surface area contributed by atoms with Crippen molar-refractivity contribution in [1.82, 2.24) is 0 Å². The molecular formula is C14H19ClO2. The van der Waals surface area contributed by atoms with Gasteiger partial charge in [0.05, 0.1) is 11.7 Å². The summed E-state index contributed by atoms with van der Waals surface area (Å²) in [6.07, 6.45) is 4.55. The van der Waals surface area contributed by atoms with Crippen molar-refractivity contribution >= 4 is 11.6 Å². The van der Waals surface area contributed by atoms with Gasteiger partial charge < -0.3 is 9.84 Å². The zero-order chi connectivity index (χ0) is 12.3. The minimum absolute atomic E-state index is 0.320. The lowest BCUT2D eigenvalue weighted by atomic mass is 9.79. The van der Waals surface area contributed by atoms with Gasteiger partial charge >= 0.3 is 0 Å². The molecule has 0 saturated heterocycles. The number of aliphatic hydroxyl groups is 1. The molecule has 1 saturated carbocycles. The van der Waals surface area contributed by atoms with Crippen molar-refractivity contribution in [2.24, 2.45) is 0 Å². The molecule has 0 amide bonds. The molecule has 17 heavy (non-hydrogen) atoms. The standard InChI is InChI=1S/C14H19ClO2/c1-17-13-6-8-14(16,9-7-13)10-11-2-4-12(15)5-3-11/h2-5,13,16H,6-10H2,1H3. The van der Waals surface area contributed by atoms with E-state index in [1.807, 2.05) is 24.3 Å². The van der Waals surface area contributed by atoms with Crippen LogP contribution in [0.2, 0.25) is 5.02 Å². The molecule has 1 aliphatic carbocycles. The Labute approximate surface area is 108 Å². The fourth-order valence-electron chi connectivity index (χ4n) is 2.52. The summed E-state index contributed by atoms with van der Waals surface area (Å²) in [6, 6.07) is 7.73. The van der Waals surface area contributed by atoms with Crippen LogP contribution in [-0.4, -0.2) is 23.9 Å². The summed E-state index contributed by atoms with van der Waals surface area (Å²) in [5.74, 6) is 0. The highest BCUT2D eigenvalue weighted by Gasteiger charge is 2.33. The molecule has 0 aliphatic heterocycles. The molecular weight excluding hydrogens is 236 g/mol. The van der Waals surface area contributed by atoms with Crippen molar-refractivity contribution in [3.05, 3.63) is 34.9 Å². The number of methoxy groups -OCH3 is 1. The third kappa shape index (κ3) is 3.44. The first-order chi connectivity index (χ1) is 8.11. The number of hydrogen-bond donors (Lipinski definition) is 1. The Kier molecular flexibility index (Phi) is 4.08. The topological polar surface area (TPSA) is 29.5 Å². The van der Waals surface area contributed by atoms with Gasteiger partial charge in [0.15, 0.2) is 0 Å². The fraction of sp³-hybridized carbons (Fsp3) is 0.571. The van der Waals surface area contributed by atoms with Gasteiger partial charge in [0.25, 0.3) is 0 Å². The van der Waals surface area contributed by atoms with E-state index in [0.717, 1.165) is 36.3 Å². The average molecular weight is 255 g/mol. The van der Waals surface area contributed by atoms with E-state index in [-0.39, 0.29) is 0 Å². The summed E-state index contributed by atoms with van der Waals surface area (Å²) in [5.41, 5.74) is 0.579. The quantitative estimate of drug-likeness (QED) is 0.898. The van der Waals surface area contributed by atoms with E-state index in [0.29, 0.717) is 12.5 Å². The van der Waals surface area contributed by atoms with Gasteiger partial charge in [-0.25, -0.2) is 0 Å². The van der Waals surface area contributed by atoms with Gasteiger partial charge in [-0.2, -0.15) is 0 Å². The maximum Gasteiger partial charge on any atom is 0.0689 e. The van der Waals surface area contributed by atoms with Crippen LogP contribution in [0.15, 0.2) is 24.3 Å². The van der Waals surface area contributed by atoms with E-state index >= 15 is 0 Å². The summed E-state index contributed by atoms with van der Waals surface area (Å²) in [4.78, 5) is 0. The number of rotatable bonds is 3. The second-order valence-corrected chi connectivity index (χ2v) is 5.40.